The van der Waals surface area contributed by atoms with E-state index in [1.807, 2.05) is 0 Å². The topological polar surface area (TPSA) is 84.2 Å². The van der Waals surface area contributed by atoms with Gasteiger partial charge >= 0.3 is 5.97 Å². The van der Waals surface area contributed by atoms with E-state index in [1.165, 1.54) is 6.08 Å². The number of hydrogen-bond donors (Lipinski definition) is 2. The normalized spacial score (nSPS) is 10.8. The number of nitrogens with zero attached hydrogens (tertiary/aromatic N) is 2. The number of carboxylic acids is 1. The van der Waals surface area contributed by atoms with Gasteiger partial charge in [0.1, 0.15) is 11.5 Å². The molecule has 0 unspecified atom stereocenters. The number of rotatable bonds is 4. The fraction of sp³-hybridized carbons (Fsp3) is 0.0714. The molecule has 108 valence electrons. The molecule has 2 aromatic rings. The van der Waals surface area contributed by atoms with Gasteiger partial charge < -0.3 is 15.0 Å². The van der Waals surface area contributed by atoms with Crippen LogP contribution in [0.3, 0.4) is 0 Å². The van der Waals surface area contributed by atoms with Crippen LogP contribution in [0.15, 0.2) is 36.5 Å². The van der Waals surface area contributed by atoms with Crippen molar-refractivity contribution in [3.8, 4) is 0 Å². The molecule has 21 heavy (non-hydrogen) atoms. The number of anilines is 1. The Morgan fingerprint density at radius 2 is 2.19 bits per heavy atom. The van der Waals surface area contributed by atoms with Crippen molar-refractivity contribution in [2.45, 2.75) is 0 Å². The number of aliphatic carboxylic acids is 1. The van der Waals surface area contributed by atoms with E-state index in [0.717, 1.165) is 6.08 Å². The first kappa shape index (κ1) is 14.8. The van der Waals surface area contributed by atoms with Crippen LogP contribution in [-0.2, 0) is 11.8 Å². The predicted molar refractivity (Wildman–Crippen MR) is 79.3 cm³/mol. The molecule has 6 nitrogen and oxygen atoms in total. The molecule has 0 atom stereocenters. The molecular weight excluding hydrogens is 294 g/mol. The molecule has 2 aromatic heterocycles. The summed E-state index contributed by atoms with van der Waals surface area (Å²) < 4.78 is 1.60. The third kappa shape index (κ3) is 3.93. The predicted octanol–water partition coefficient (Wildman–Crippen LogP) is 2.42. The summed E-state index contributed by atoms with van der Waals surface area (Å²) in [6.45, 7) is 0. The number of carbonyl (C=O) groups is 2. The maximum atomic E-state index is 12.1. The lowest BCUT2D eigenvalue weighted by atomic mass is 10.3. The van der Waals surface area contributed by atoms with Crippen LogP contribution in [0.5, 0.6) is 0 Å². The largest absolute Gasteiger partial charge is 0.478 e. The highest BCUT2D eigenvalue weighted by molar-refractivity contribution is 6.31. The number of nitrogens with one attached hydrogen (secondary N) is 1. The summed E-state index contributed by atoms with van der Waals surface area (Å²) in [4.78, 5) is 26.7. The number of aromatic nitrogens is 2. The van der Waals surface area contributed by atoms with Crippen molar-refractivity contribution in [1.82, 2.24) is 9.55 Å². The molecule has 0 saturated carbocycles. The van der Waals surface area contributed by atoms with Crippen molar-refractivity contribution in [2.24, 2.45) is 7.05 Å². The molecule has 0 bridgehead atoms. The molecule has 0 aliphatic rings. The zero-order valence-electron chi connectivity index (χ0n) is 11.1. The Balaban J connectivity index is 2.16. The first-order valence-electron chi connectivity index (χ1n) is 5.97. The second-order valence-electron chi connectivity index (χ2n) is 4.23. The lowest BCUT2D eigenvalue weighted by molar-refractivity contribution is -0.131. The molecule has 0 radical (unpaired) electrons. The average molecular weight is 306 g/mol. The van der Waals surface area contributed by atoms with Crippen LogP contribution in [-0.4, -0.2) is 26.5 Å². The molecule has 7 heteroatoms. The number of carboxylic acid groups (broad SMARTS) is 1. The molecule has 0 aliphatic carbocycles. The maximum absolute atomic E-state index is 12.1. The Morgan fingerprint density at radius 1 is 1.43 bits per heavy atom. The van der Waals surface area contributed by atoms with Gasteiger partial charge in [0.25, 0.3) is 5.91 Å². The molecule has 0 fully saturated rings. The second-order valence-corrected chi connectivity index (χ2v) is 4.66. The van der Waals surface area contributed by atoms with E-state index in [2.05, 4.69) is 10.3 Å². The molecular formula is C14H12ClN3O3. The summed E-state index contributed by atoms with van der Waals surface area (Å²) in [6.07, 6.45) is 3.94. The van der Waals surface area contributed by atoms with Crippen LogP contribution in [0.1, 0.15) is 16.2 Å². The lowest BCUT2D eigenvalue weighted by Crippen LogP contribution is -2.16. The zero-order chi connectivity index (χ0) is 15.4. The van der Waals surface area contributed by atoms with E-state index in [9.17, 15) is 9.59 Å². The van der Waals surface area contributed by atoms with E-state index in [-0.39, 0.29) is 5.91 Å². The summed E-state index contributed by atoms with van der Waals surface area (Å²) in [5.41, 5.74) is 0.827. The Bertz CT molecular complexity index is 722. The lowest BCUT2D eigenvalue weighted by Gasteiger charge is -2.05. The molecule has 0 aromatic carbocycles. The molecule has 2 rings (SSSR count). The van der Waals surface area contributed by atoms with E-state index in [1.54, 1.807) is 42.1 Å². The molecule has 0 aliphatic heterocycles. The minimum Gasteiger partial charge on any atom is -0.478 e. The van der Waals surface area contributed by atoms with Crippen molar-refractivity contribution < 1.29 is 14.7 Å². The van der Waals surface area contributed by atoms with Crippen LogP contribution < -0.4 is 5.32 Å². The van der Waals surface area contributed by atoms with Crippen molar-refractivity contribution in [1.29, 1.82) is 0 Å². The fourth-order valence-corrected chi connectivity index (χ4v) is 1.95. The number of halogens is 1. The third-order valence-corrected chi connectivity index (χ3v) is 2.82. The van der Waals surface area contributed by atoms with Gasteiger partial charge in [0, 0.05) is 19.3 Å². The van der Waals surface area contributed by atoms with Gasteiger partial charge in [0.05, 0.1) is 10.7 Å². The van der Waals surface area contributed by atoms with Gasteiger partial charge in [-0.2, -0.15) is 0 Å². The Kier molecular flexibility index (Phi) is 4.39. The van der Waals surface area contributed by atoms with Gasteiger partial charge in [-0.1, -0.05) is 17.7 Å². The number of amides is 1. The zero-order valence-corrected chi connectivity index (χ0v) is 11.8. The summed E-state index contributed by atoms with van der Waals surface area (Å²) in [5, 5.41) is 11.7. The average Bonchev–Trinajstić information content (AvgIpc) is 2.76. The highest BCUT2D eigenvalue weighted by atomic mass is 35.5. The van der Waals surface area contributed by atoms with Crippen molar-refractivity contribution in [3.63, 3.8) is 0 Å². The molecule has 0 spiro atoms. The van der Waals surface area contributed by atoms with E-state index in [4.69, 9.17) is 16.7 Å². The summed E-state index contributed by atoms with van der Waals surface area (Å²) in [5.74, 6) is -1.09. The van der Waals surface area contributed by atoms with Gasteiger partial charge in [-0.3, -0.25) is 4.79 Å². The minimum absolute atomic E-state index is 0.324. The van der Waals surface area contributed by atoms with Gasteiger partial charge in [-0.05, 0) is 24.3 Å². The Hall–Kier alpha value is -2.60. The molecule has 0 saturated heterocycles. The minimum atomic E-state index is -1.07. The van der Waals surface area contributed by atoms with E-state index in [0.29, 0.717) is 22.2 Å². The van der Waals surface area contributed by atoms with Crippen molar-refractivity contribution in [3.05, 3.63) is 52.9 Å². The monoisotopic (exact) mass is 305 g/mol. The Morgan fingerprint density at radius 3 is 2.81 bits per heavy atom. The van der Waals surface area contributed by atoms with Gasteiger partial charge in [-0.15, -0.1) is 0 Å². The Labute approximate surface area is 125 Å². The van der Waals surface area contributed by atoms with E-state index < -0.39 is 5.97 Å². The number of aryl methyl sites for hydroxylation is 1. The smallest absolute Gasteiger partial charge is 0.328 e. The van der Waals surface area contributed by atoms with Gasteiger partial charge in [0.2, 0.25) is 0 Å². The maximum Gasteiger partial charge on any atom is 0.328 e. The molecule has 2 N–H and O–H groups in total. The summed E-state index contributed by atoms with van der Waals surface area (Å²) in [7, 11) is 1.71. The first-order valence-corrected chi connectivity index (χ1v) is 6.35. The highest BCUT2D eigenvalue weighted by Crippen LogP contribution is 2.14. The van der Waals surface area contributed by atoms with Gasteiger partial charge in [-0.25, -0.2) is 9.78 Å². The summed E-state index contributed by atoms with van der Waals surface area (Å²) >= 11 is 5.83. The van der Waals surface area contributed by atoms with Crippen molar-refractivity contribution >= 4 is 35.4 Å². The van der Waals surface area contributed by atoms with Gasteiger partial charge in [0.15, 0.2) is 0 Å². The number of hydrogen-bond acceptors (Lipinski definition) is 3. The number of pyridine rings is 1. The van der Waals surface area contributed by atoms with Crippen LogP contribution >= 0.6 is 11.6 Å². The highest BCUT2D eigenvalue weighted by Gasteiger charge is 2.11. The number of carbonyl (C=O) groups excluding carboxylic acids is 1. The SMILES string of the molecule is Cn1cc(Cl)cc1C(=O)Nc1cccc(C=CC(=O)O)n1. The van der Waals surface area contributed by atoms with Crippen LogP contribution in [0.25, 0.3) is 6.08 Å². The molecule has 1 amide bonds. The quantitative estimate of drug-likeness (QED) is 0.850. The third-order valence-electron chi connectivity index (χ3n) is 2.61. The second kappa shape index (κ2) is 6.23. The first-order chi connectivity index (χ1) is 9.95. The fourth-order valence-electron chi connectivity index (χ4n) is 1.70. The molecule has 2 heterocycles. The standard InChI is InChI=1S/C14H12ClN3O3/c1-18-8-9(15)7-11(18)14(21)17-12-4-2-3-10(16-12)5-6-13(19)20/h2-8H,1H3,(H,19,20)(H,16,17,21). The van der Waals surface area contributed by atoms with Crippen LogP contribution in [0.2, 0.25) is 5.02 Å². The summed E-state index contributed by atoms with van der Waals surface area (Å²) in [6, 6.07) is 6.46. The van der Waals surface area contributed by atoms with E-state index >= 15 is 0 Å². The van der Waals surface area contributed by atoms with Crippen LogP contribution in [0.4, 0.5) is 5.82 Å². The van der Waals surface area contributed by atoms with Crippen LogP contribution in [0, 0.1) is 0 Å². The van der Waals surface area contributed by atoms with Crippen molar-refractivity contribution in [2.75, 3.05) is 5.32 Å².